The van der Waals surface area contributed by atoms with E-state index in [1.807, 2.05) is 0 Å². The second-order valence-electron chi connectivity index (χ2n) is 6.61. The minimum Gasteiger partial charge on any atom is -0.507 e. The molecular formula is C22H21NO7. The van der Waals surface area contributed by atoms with Crippen LogP contribution in [0.15, 0.2) is 54.1 Å². The van der Waals surface area contributed by atoms with Crippen molar-refractivity contribution in [2.75, 3.05) is 20.8 Å². The lowest BCUT2D eigenvalue weighted by Gasteiger charge is -2.26. The highest BCUT2D eigenvalue weighted by Crippen LogP contribution is 2.43. The molecule has 2 aromatic rings. The van der Waals surface area contributed by atoms with Gasteiger partial charge in [-0.2, -0.15) is 0 Å². The fourth-order valence-corrected chi connectivity index (χ4v) is 3.45. The molecular weight excluding hydrogens is 390 g/mol. The summed E-state index contributed by atoms with van der Waals surface area (Å²) in [7, 11) is 2.92. The van der Waals surface area contributed by atoms with Crippen molar-refractivity contribution < 1.29 is 34.1 Å². The molecule has 1 fully saturated rings. The van der Waals surface area contributed by atoms with Gasteiger partial charge in [0.1, 0.15) is 17.3 Å². The molecule has 0 radical (unpaired) electrons. The molecule has 0 unspecified atom stereocenters. The van der Waals surface area contributed by atoms with E-state index in [2.05, 4.69) is 0 Å². The number of ketones is 1. The van der Waals surface area contributed by atoms with Crippen LogP contribution < -0.4 is 9.47 Å². The van der Waals surface area contributed by atoms with Gasteiger partial charge in [-0.05, 0) is 12.1 Å². The van der Waals surface area contributed by atoms with E-state index < -0.39 is 23.7 Å². The number of ether oxygens (including phenoxy) is 2. The lowest BCUT2D eigenvalue weighted by atomic mass is 9.94. The Hall–Kier alpha value is -3.81. The van der Waals surface area contributed by atoms with Gasteiger partial charge in [0, 0.05) is 23.7 Å². The number of aliphatic hydroxyl groups excluding tert-OH is 1. The molecule has 2 N–H and O–H groups in total. The summed E-state index contributed by atoms with van der Waals surface area (Å²) in [5.74, 6) is -2.38. The molecule has 156 valence electrons. The maximum absolute atomic E-state index is 12.9. The number of carboxylic acids is 1. The van der Waals surface area contributed by atoms with Gasteiger partial charge in [-0.1, -0.05) is 30.3 Å². The third-order valence-corrected chi connectivity index (χ3v) is 4.89. The lowest BCUT2D eigenvalue weighted by Crippen LogP contribution is -2.32. The molecule has 8 nitrogen and oxygen atoms in total. The second kappa shape index (κ2) is 8.69. The van der Waals surface area contributed by atoms with Crippen LogP contribution in [-0.4, -0.2) is 53.5 Å². The van der Waals surface area contributed by atoms with Crippen LogP contribution in [0.25, 0.3) is 5.76 Å². The molecule has 1 atom stereocenters. The maximum Gasteiger partial charge on any atom is 0.305 e. The van der Waals surface area contributed by atoms with Crippen molar-refractivity contribution in [2.45, 2.75) is 12.5 Å². The number of hydrogen-bond donors (Lipinski definition) is 2. The number of carbonyl (C=O) groups excluding carboxylic acids is 2. The van der Waals surface area contributed by atoms with Gasteiger partial charge in [0.2, 0.25) is 0 Å². The SMILES string of the molecule is COc1ccc([C@@H]2C(=C(O)c3ccccc3)C(=O)C(=O)N2CCC(=O)O)c(OC)c1. The van der Waals surface area contributed by atoms with Crippen molar-refractivity contribution in [2.24, 2.45) is 0 Å². The smallest absolute Gasteiger partial charge is 0.305 e. The minimum atomic E-state index is -1.11. The average molecular weight is 411 g/mol. The monoisotopic (exact) mass is 411 g/mol. The topological polar surface area (TPSA) is 113 Å². The molecule has 1 heterocycles. The van der Waals surface area contributed by atoms with Gasteiger partial charge in [-0.25, -0.2) is 0 Å². The molecule has 1 amide bonds. The second-order valence-corrected chi connectivity index (χ2v) is 6.61. The predicted molar refractivity (Wildman–Crippen MR) is 107 cm³/mol. The van der Waals surface area contributed by atoms with Crippen molar-refractivity contribution in [1.82, 2.24) is 4.90 Å². The standard InChI is InChI=1S/C22H21NO7/c1-29-14-8-9-15(16(12-14)30-2)19-18(20(26)13-6-4-3-5-7-13)21(27)22(28)23(19)11-10-17(24)25/h3-9,12,19,26H,10-11H2,1-2H3,(H,24,25)/t19-/m1/s1. The van der Waals surface area contributed by atoms with Crippen molar-refractivity contribution in [1.29, 1.82) is 0 Å². The first kappa shape index (κ1) is 20.9. The molecule has 0 aliphatic carbocycles. The number of likely N-dealkylation sites (tertiary alicyclic amines) is 1. The fourth-order valence-electron chi connectivity index (χ4n) is 3.45. The molecule has 2 aromatic carbocycles. The quantitative estimate of drug-likeness (QED) is 0.409. The highest BCUT2D eigenvalue weighted by molar-refractivity contribution is 6.46. The minimum absolute atomic E-state index is 0.125. The van der Waals surface area contributed by atoms with Gasteiger partial charge in [0.05, 0.1) is 32.3 Å². The summed E-state index contributed by atoms with van der Waals surface area (Å²) in [4.78, 5) is 37.9. The molecule has 0 saturated carbocycles. The summed E-state index contributed by atoms with van der Waals surface area (Å²) in [6.45, 7) is -0.203. The van der Waals surface area contributed by atoms with E-state index in [9.17, 15) is 19.5 Å². The zero-order chi connectivity index (χ0) is 21.8. The summed E-state index contributed by atoms with van der Waals surface area (Å²) in [5.41, 5.74) is 0.673. The largest absolute Gasteiger partial charge is 0.507 e. The summed E-state index contributed by atoms with van der Waals surface area (Å²) >= 11 is 0. The van der Waals surface area contributed by atoms with Crippen LogP contribution in [0.2, 0.25) is 0 Å². The first-order chi connectivity index (χ1) is 14.4. The number of aliphatic hydroxyl groups is 1. The summed E-state index contributed by atoms with van der Waals surface area (Å²) in [6.07, 6.45) is -0.354. The Morgan fingerprint density at radius 1 is 1.03 bits per heavy atom. The average Bonchev–Trinajstić information content (AvgIpc) is 3.01. The summed E-state index contributed by atoms with van der Waals surface area (Å²) in [5, 5.41) is 20.0. The van der Waals surface area contributed by atoms with Crippen LogP contribution in [0.4, 0.5) is 0 Å². The third kappa shape index (κ3) is 3.84. The van der Waals surface area contributed by atoms with E-state index in [1.165, 1.54) is 14.2 Å². The molecule has 0 aromatic heterocycles. The van der Waals surface area contributed by atoms with Gasteiger partial charge in [0.15, 0.2) is 0 Å². The van der Waals surface area contributed by atoms with Crippen LogP contribution in [0.1, 0.15) is 23.6 Å². The Kier molecular flexibility index (Phi) is 6.06. The first-order valence-electron chi connectivity index (χ1n) is 9.16. The number of Topliss-reactive ketones (excluding diaryl/α,β-unsaturated/α-hetero) is 1. The molecule has 0 spiro atoms. The van der Waals surface area contributed by atoms with E-state index in [0.717, 1.165) is 4.90 Å². The first-order valence-corrected chi connectivity index (χ1v) is 9.16. The van der Waals surface area contributed by atoms with Crippen LogP contribution in [0, 0.1) is 0 Å². The predicted octanol–water partition coefficient (Wildman–Crippen LogP) is 2.60. The molecule has 1 aliphatic heterocycles. The summed E-state index contributed by atoms with van der Waals surface area (Å²) < 4.78 is 10.6. The van der Waals surface area contributed by atoms with E-state index in [1.54, 1.807) is 48.5 Å². The zero-order valence-corrected chi connectivity index (χ0v) is 16.5. The molecule has 3 rings (SSSR count). The number of carboxylic acid groups (broad SMARTS) is 1. The normalized spacial score (nSPS) is 17.8. The number of carbonyl (C=O) groups is 3. The van der Waals surface area contributed by atoms with Gasteiger partial charge in [-0.3, -0.25) is 14.4 Å². The highest BCUT2D eigenvalue weighted by Gasteiger charge is 2.47. The number of methoxy groups -OCH3 is 2. The highest BCUT2D eigenvalue weighted by atomic mass is 16.5. The zero-order valence-electron chi connectivity index (χ0n) is 16.5. The Labute approximate surface area is 173 Å². The van der Waals surface area contributed by atoms with Crippen LogP contribution in [0.5, 0.6) is 11.5 Å². The molecule has 1 aliphatic rings. The van der Waals surface area contributed by atoms with Gasteiger partial charge in [-0.15, -0.1) is 0 Å². The Bertz CT molecular complexity index is 1010. The van der Waals surface area contributed by atoms with Crippen molar-refractivity contribution in [3.8, 4) is 11.5 Å². The number of benzene rings is 2. The van der Waals surface area contributed by atoms with Crippen LogP contribution >= 0.6 is 0 Å². The number of hydrogen-bond acceptors (Lipinski definition) is 6. The van der Waals surface area contributed by atoms with E-state index in [-0.39, 0.29) is 24.3 Å². The fraction of sp³-hybridized carbons (Fsp3) is 0.227. The van der Waals surface area contributed by atoms with Gasteiger partial charge >= 0.3 is 5.97 Å². The molecule has 30 heavy (non-hydrogen) atoms. The van der Waals surface area contributed by atoms with E-state index in [0.29, 0.717) is 22.6 Å². The van der Waals surface area contributed by atoms with Crippen molar-refractivity contribution >= 4 is 23.4 Å². The third-order valence-electron chi connectivity index (χ3n) is 4.89. The number of aliphatic carboxylic acids is 1. The van der Waals surface area contributed by atoms with E-state index >= 15 is 0 Å². The van der Waals surface area contributed by atoms with E-state index in [4.69, 9.17) is 14.6 Å². The molecule has 0 bridgehead atoms. The summed E-state index contributed by atoms with van der Waals surface area (Å²) in [6, 6.07) is 12.2. The number of nitrogens with zero attached hydrogens (tertiary/aromatic N) is 1. The Morgan fingerprint density at radius 2 is 1.73 bits per heavy atom. The lowest BCUT2D eigenvalue weighted by molar-refractivity contribution is -0.142. The molecule has 1 saturated heterocycles. The number of rotatable bonds is 7. The van der Waals surface area contributed by atoms with Crippen LogP contribution in [0.3, 0.4) is 0 Å². The maximum atomic E-state index is 12.9. The van der Waals surface area contributed by atoms with Crippen molar-refractivity contribution in [3.05, 3.63) is 65.2 Å². The Morgan fingerprint density at radius 3 is 2.33 bits per heavy atom. The number of amides is 1. The van der Waals surface area contributed by atoms with Crippen molar-refractivity contribution in [3.63, 3.8) is 0 Å². The Balaban J connectivity index is 2.21. The molecule has 8 heteroatoms. The van der Waals surface area contributed by atoms with Crippen LogP contribution in [-0.2, 0) is 14.4 Å². The van der Waals surface area contributed by atoms with Gasteiger partial charge in [0.25, 0.3) is 11.7 Å². The van der Waals surface area contributed by atoms with Gasteiger partial charge < -0.3 is 24.6 Å².